The third-order valence-corrected chi connectivity index (χ3v) is 3.05. The molecule has 6 heteroatoms. The van der Waals surface area contributed by atoms with Gasteiger partial charge in [-0.3, -0.25) is 4.90 Å². The molecule has 1 aromatic carbocycles. The minimum absolute atomic E-state index is 0.000720. The molecule has 1 rings (SSSR count). The van der Waals surface area contributed by atoms with Crippen LogP contribution >= 0.6 is 15.9 Å². The van der Waals surface area contributed by atoms with Gasteiger partial charge in [0.15, 0.2) is 0 Å². The van der Waals surface area contributed by atoms with Gasteiger partial charge in [0.25, 0.3) is 0 Å². The fraction of sp³-hybridized carbons (Fsp3) is 0.500. The molecular formula is C12H15BrF3NO. The molecule has 0 aliphatic rings. The summed E-state index contributed by atoms with van der Waals surface area (Å²) >= 11 is 3.15. The van der Waals surface area contributed by atoms with E-state index in [2.05, 4.69) is 15.9 Å². The predicted octanol–water partition coefficient (Wildman–Crippen LogP) is 3.93. The highest BCUT2D eigenvalue weighted by molar-refractivity contribution is 9.10. The molecule has 0 atom stereocenters. The van der Waals surface area contributed by atoms with Crippen molar-refractivity contribution in [2.45, 2.75) is 26.1 Å². The molecule has 0 heterocycles. The Balaban J connectivity index is 2.80. The van der Waals surface area contributed by atoms with Gasteiger partial charge in [0.2, 0.25) is 0 Å². The Morgan fingerprint density at radius 3 is 2.56 bits per heavy atom. The second-order valence-electron chi connectivity index (χ2n) is 4.07. The van der Waals surface area contributed by atoms with Gasteiger partial charge in [0.05, 0.1) is 11.0 Å². The zero-order chi connectivity index (χ0) is 13.8. The van der Waals surface area contributed by atoms with Crippen LogP contribution in [0.25, 0.3) is 0 Å². The number of phenols is 1. The van der Waals surface area contributed by atoms with Crippen molar-refractivity contribution < 1.29 is 18.3 Å². The van der Waals surface area contributed by atoms with Gasteiger partial charge < -0.3 is 5.11 Å². The fourth-order valence-electron chi connectivity index (χ4n) is 1.71. The lowest BCUT2D eigenvalue weighted by atomic mass is 10.2. The minimum Gasteiger partial charge on any atom is -0.506 e. The molecule has 0 saturated heterocycles. The van der Waals surface area contributed by atoms with E-state index in [9.17, 15) is 18.3 Å². The number of hydrogen-bond donors (Lipinski definition) is 1. The van der Waals surface area contributed by atoms with Crippen molar-refractivity contribution in [2.75, 3.05) is 13.1 Å². The van der Waals surface area contributed by atoms with Crippen molar-refractivity contribution in [3.05, 3.63) is 28.2 Å². The lowest BCUT2D eigenvalue weighted by Crippen LogP contribution is -2.34. The summed E-state index contributed by atoms with van der Waals surface area (Å²) < 4.78 is 37.7. The first-order valence-corrected chi connectivity index (χ1v) is 6.38. The molecular weight excluding hydrogens is 311 g/mol. The summed E-state index contributed by atoms with van der Waals surface area (Å²) in [4.78, 5) is 1.28. The number of hydrogen-bond acceptors (Lipinski definition) is 2. The molecule has 0 aromatic heterocycles. The number of halogens is 4. The van der Waals surface area contributed by atoms with E-state index in [4.69, 9.17) is 0 Å². The Morgan fingerprint density at radius 1 is 1.33 bits per heavy atom. The molecule has 0 saturated carbocycles. The molecule has 102 valence electrons. The average Bonchev–Trinajstić information content (AvgIpc) is 2.23. The maximum Gasteiger partial charge on any atom is 0.401 e. The SMILES string of the molecule is CCCN(Cc1cccc(Br)c1O)CC(F)(F)F. The largest absolute Gasteiger partial charge is 0.506 e. The fourth-order valence-corrected chi connectivity index (χ4v) is 2.12. The van der Waals surface area contributed by atoms with Crippen LogP contribution in [0.1, 0.15) is 18.9 Å². The van der Waals surface area contributed by atoms with E-state index in [0.717, 1.165) is 0 Å². The van der Waals surface area contributed by atoms with Crippen LogP contribution in [0, 0.1) is 0 Å². The van der Waals surface area contributed by atoms with Gasteiger partial charge in [-0.2, -0.15) is 13.2 Å². The number of rotatable bonds is 5. The molecule has 0 fully saturated rings. The lowest BCUT2D eigenvalue weighted by molar-refractivity contribution is -0.147. The smallest absolute Gasteiger partial charge is 0.401 e. The number of phenolic OH excluding ortho intramolecular Hbond substituents is 1. The maximum atomic E-state index is 12.4. The maximum absolute atomic E-state index is 12.4. The Bertz CT molecular complexity index is 395. The Labute approximate surface area is 113 Å². The first kappa shape index (κ1) is 15.3. The van der Waals surface area contributed by atoms with Crippen LogP contribution in [-0.2, 0) is 6.54 Å². The molecule has 0 aliphatic carbocycles. The molecule has 0 amide bonds. The predicted molar refractivity (Wildman–Crippen MR) is 67.4 cm³/mol. The van der Waals surface area contributed by atoms with Crippen LogP contribution in [0.5, 0.6) is 5.75 Å². The number of alkyl halides is 3. The molecule has 0 bridgehead atoms. The number of aromatic hydroxyl groups is 1. The highest BCUT2D eigenvalue weighted by Crippen LogP contribution is 2.29. The van der Waals surface area contributed by atoms with Gasteiger partial charge in [-0.15, -0.1) is 0 Å². The van der Waals surface area contributed by atoms with Crippen LogP contribution in [0.2, 0.25) is 0 Å². The van der Waals surface area contributed by atoms with Gasteiger partial charge in [0, 0.05) is 12.1 Å². The molecule has 0 radical (unpaired) electrons. The van der Waals surface area contributed by atoms with E-state index in [1.807, 2.05) is 6.92 Å². The quantitative estimate of drug-likeness (QED) is 0.886. The third kappa shape index (κ3) is 4.86. The second-order valence-corrected chi connectivity index (χ2v) is 4.93. The van der Waals surface area contributed by atoms with Gasteiger partial charge in [0.1, 0.15) is 5.75 Å². The van der Waals surface area contributed by atoms with E-state index in [1.165, 1.54) is 4.90 Å². The summed E-state index contributed by atoms with van der Waals surface area (Å²) in [7, 11) is 0. The van der Waals surface area contributed by atoms with Crippen LogP contribution in [-0.4, -0.2) is 29.3 Å². The zero-order valence-corrected chi connectivity index (χ0v) is 11.6. The van der Waals surface area contributed by atoms with Crippen molar-refractivity contribution in [3.63, 3.8) is 0 Å². The van der Waals surface area contributed by atoms with E-state index >= 15 is 0 Å². The van der Waals surface area contributed by atoms with Crippen molar-refractivity contribution >= 4 is 15.9 Å². The van der Waals surface area contributed by atoms with E-state index in [1.54, 1.807) is 18.2 Å². The average molecular weight is 326 g/mol. The molecule has 2 nitrogen and oxygen atoms in total. The Kier molecular flexibility index (Phi) is 5.47. The topological polar surface area (TPSA) is 23.5 Å². The van der Waals surface area contributed by atoms with E-state index in [0.29, 0.717) is 23.0 Å². The second kappa shape index (κ2) is 6.43. The van der Waals surface area contributed by atoms with E-state index in [-0.39, 0.29) is 12.3 Å². The Morgan fingerprint density at radius 2 is 2.00 bits per heavy atom. The van der Waals surface area contributed by atoms with Gasteiger partial charge >= 0.3 is 6.18 Å². The summed E-state index contributed by atoms with van der Waals surface area (Å²) in [6.45, 7) is 1.28. The van der Waals surface area contributed by atoms with Crippen molar-refractivity contribution in [1.82, 2.24) is 4.90 Å². The normalized spacial score (nSPS) is 12.1. The first-order chi connectivity index (χ1) is 8.33. The first-order valence-electron chi connectivity index (χ1n) is 5.59. The van der Waals surface area contributed by atoms with Crippen LogP contribution in [0.3, 0.4) is 0 Å². The lowest BCUT2D eigenvalue weighted by Gasteiger charge is -2.23. The van der Waals surface area contributed by atoms with Crippen molar-refractivity contribution in [3.8, 4) is 5.75 Å². The molecule has 0 unspecified atom stereocenters. The highest BCUT2D eigenvalue weighted by atomic mass is 79.9. The summed E-state index contributed by atoms with van der Waals surface area (Å²) in [6.07, 6.45) is -3.60. The zero-order valence-electron chi connectivity index (χ0n) is 9.97. The summed E-state index contributed by atoms with van der Waals surface area (Å²) in [5.41, 5.74) is 0.488. The highest BCUT2D eigenvalue weighted by Gasteiger charge is 2.30. The number of nitrogens with zero attached hydrogens (tertiary/aromatic N) is 1. The number of para-hydroxylation sites is 1. The summed E-state index contributed by atoms with van der Waals surface area (Å²) in [5.74, 6) is 0.000720. The number of benzene rings is 1. The Hall–Kier alpha value is -0.750. The standard InChI is InChI=1S/C12H15BrF3NO/c1-2-6-17(8-12(14,15)16)7-9-4-3-5-10(13)11(9)18/h3-5,18H,2,6-8H2,1H3. The molecule has 0 spiro atoms. The third-order valence-electron chi connectivity index (χ3n) is 2.41. The van der Waals surface area contributed by atoms with E-state index < -0.39 is 12.7 Å². The minimum atomic E-state index is -4.23. The van der Waals surface area contributed by atoms with Crippen LogP contribution in [0.15, 0.2) is 22.7 Å². The summed E-state index contributed by atoms with van der Waals surface area (Å²) in [6, 6.07) is 4.96. The van der Waals surface area contributed by atoms with Crippen LogP contribution in [0.4, 0.5) is 13.2 Å². The molecule has 1 N–H and O–H groups in total. The molecule has 0 aliphatic heterocycles. The molecule has 1 aromatic rings. The molecule has 18 heavy (non-hydrogen) atoms. The van der Waals surface area contributed by atoms with Gasteiger partial charge in [-0.25, -0.2) is 0 Å². The van der Waals surface area contributed by atoms with Crippen LogP contribution < -0.4 is 0 Å². The van der Waals surface area contributed by atoms with Gasteiger partial charge in [-0.1, -0.05) is 19.1 Å². The van der Waals surface area contributed by atoms with Crippen molar-refractivity contribution in [2.24, 2.45) is 0 Å². The monoisotopic (exact) mass is 325 g/mol. The summed E-state index contributed by atoms with van der Waals surface area (Å²) in [5, 5.41) is 9.76. The van der Waals surface area contributed by atoms with Gasteiger partial charge in [-0.05, 0) is 35.0 Å². The van der Waals surface area contributed by atoms with Crippen molar-refractivity contribution in [1.29, 1.82) is 0 Å².